The quantitative estimate of drug-likeness (QED) is 0.157. The largest absolute Gasteiger partial charge is 0.316 e. The highest BCUT2D eigenvalue weighted by molar-refractivity contribution is 6.25. The van der Waals surface area contributed by atoms with Gasteiger partial charge < -0.3 is 9.13 Å². The van der Waals surface area contributed by atoms with Crippen molar-refractivity contribution >= 4 is 65.0 Å². The minimum atomic E-state index is 1.14. The van der Waals surface area contributed by atoms with E-state index in [-0.39, 0.29) is 0 Å². The minimum absolute atomic E-state index is 1.14. The van der Waals surface area contributed by atoms with Gasteiger partial charge in [0.2, 0.25) is 0 Å². The highest BCUT2D eigenvalue weighted by Crippen LogP contribution is 2.42. The van der Waals surface area contributed by atoms with Crippen molar-refractivity contribution in [2.24, 2.45) is 0 Å². The summed E-state index contributed by atoms with van der Waals surface area (Å²) in [6.45, 7) is 0. The van der Waals surface area contributed by atoms with Crippen LogP contribution >= 0.6 is 0 Å². The maximum Gasteiger partial charge on any atom is 0.0635 e. The third-order valence-corrected chi connectivity index (χ3v) is 11.9. The Kier molecular flexibility index (Phi) is 6.66. The summed E-state index contributed by atoms with van der Waals surface area (Å²) in [7, 11) is 0. The lowest BCUT2D eigenvalue weighted by Gasteiger charge is -2.15. The molecule has 12 aromatic rings. The van der Waals surface area contributed by atoms with E-state index in [1.165, 1.54) is 98.4 Å². The Balaban J connectivity index is 1.03. The van der Waals surface area contributed by atoms with Crippen molar-refractivity contribution in [2.75, 3.05) is 0 Å². The summed E-state index contributed by atoms with van der Waals surface area (Å²) in [5.74, 6) is 0. The van der Waals surface area contributed by atoms with Crippen LogP contribution in [0.1, 0.15) is 0 Å². The van der Waals surface area contributed by atoms with Crippen LogP contribution in [0.3, 0.4) is 0 Å². The first-order chi connectivity index (χ1) is 27.8. The fourth-order valence-electron chi connectivity index (χ4n) is 9.29. The van der Waals surface area contributed by atoms with Gasteiger partial charge in [-0.2, -0.15) is 0 Å². The van der Waals surface area contributed by atoms with Crippen molar-refractivity contribution in [3.63, 3.8) is 0 Å². The molecule has 0 spiro atoms. The van der Waals surface area contributed by atoms with E-state index in [9.17, 15) is 0 Å². The third kappa shape index (κ3) is 4.63. The Morgan fingerprint density at radius 3 is 1.66 bits per heavy atom. The zero-order chi connectivity index (χ0) is 36.7. The molecule has 2 aromatic heterocycles. The normalized spacial score (nSPS) is 11.9. The molecule has 12 rings (SSSR count). The monoisotopic (exact) mass is 710 g/mol. The molecule has 0 N–H and O–H groups in total. The average Bonchev–Trinajstić information content (AvgIpc) is 3.86. The number of benzene rings is 10. The number of nitrogens with zero attached hydrogens (tertiary/aromatic N) is 2. The Morgan fingerprint density at radius 1 is 0.304 bits per heavy atom. The molecule has 0 aliphatic heterocycles. The zero-order valence-electron chi connectivity index (χ0n) is 30.5. The van der Waals surface area contributed by atoms with Crippen molar-refractivity contribution in [3.8, 4) is 44.8 Å². The van der Waals surface area contributed by atoms with Crippen LogP contribution in [0.5, 0.6) is 0 Å². The van der Waals surface area contributed by atoms with Crippen LogP contribution in [-0.4, -0.2) is 9.13 Å². The highest BCUT2D eigenvalue weighted by Gasteiger charge is 2.18. The Morgan fingerprint density at radius 2 is 0.929 bits per heavy atom. The predicted octanol–water partition coefficient (Wildman–Crippen LogP) is 14.6. The fourth-order valence-corrected chi connectivity index (χ4v) is 9.29. The van der Waals surface area contributed by atoms with Gasteiger partial charge in [-0.15, -0.1) is 0 Å². The minimum Gasteiger partial charge on any atom is -0.316 e. The molecule has 10 aromatic carbocycles. The predicted molar refractivity (Wildman–Crippen MR) is 238 cm³/mol. The lowest BCUT2D eigenvalue weighted by atomic mass is 9.90. The molecule has 0 aliphatic rings. The zero-order valence-corrected chi connectivity index (χ0v) is 30.5. The smallest absolute Gasteiger partial charge is 0.0635 e. The molecule has 0 saturated heterocycles. The van der Waals surface area contributed by atoms with E-state index in [1.807, 2.05) is 0 Å². The van der Waals surface area contributed by atoms with Gasteiger partial charge in [0.05, 0.1) is 16.6 Å². The number of aromatic nitrogens is 2. The lowest BCUT2D eigenvalue weighted by molar-refractivity contribution is 1.13. The summed E-state index contributed by atoms with van der Waals surface area (Å²) in [6.07, 6.45) is 2.24. The average molecular weight is 711 g/mol. The fraction of sp³-hybridized carbons (Fsp3) is 0. The molecule has 2 heteroatoms. The molecule has 260 valence electrons. The highest BCUT2D eigenvalue weighted by atomic mass is 15.0. The van der Waals surface area contributed by atoms with Crippen LogP contribution in [0.15, 0.2) is 206 Å². The number of hydrogen-bond donors (Lipinski definition) is 0. The summed E-state index contributed by atoms with van der Waals surface area (Å²) >= 11 is 0. The van der Waals surface area contributed by atoms with E-state index >= 15 is 0 Å². The summed E-state index contributed by atoms with van der Waals surface area (Å²) in [4.78, 5) is 0. The number of fused-ring (bicyclic) bond motifs is 5. The second-order valence-corrected chi connectivity index (χ2v) is 14.9. The van der Waals surface area contributed by atoms with Crippen LogP contribution < -0.4 is 0 Å². The summed E-state index contributed by atoms with van der Waals surface area (Å²) in [6, 6.07) is 73.5. The molecule has 56 heavy (non-hydrogen) atoms. The second kappa shape index (κ2) is 12.0. The first-order valence-corrected chi connectivity index (χ1v) is 19.3. The molecule has 0 atom stereocenters. The van der Waals surface area contributed by atoms with E-state index in [0.29, 0.717) is 0 Å². The molecular weight excluding hydrogens is 677 g/mol. The SMILES string of the molecule is c1ccc(-c2cc(-c3ccccc3)cc(-n3ccc4c3ccc3c5ccccc5n(-c5ccc(-c6ccc7ccc8cccc9ccc6c7c89)cc5)c34)c2)cc1. The summed E-state index contributed by atoms with van der Waals surface area (Å²) in [5, 5.41) is 11.6. The van der Waals surface area contributed by atoms with Crippen molar-refractivity contribution in [2.45, 2.75) is 0 Å². The van der Waals surface area contributed by atoms with Gasteiger partial charge in [0, 0.05) is 33.7 Å². The Hall–Kier alpha value is -7.42. The second-order valence-electron chi connectivity index (χ2n) is 14.9. The standard InChI is InChI=1S/C54H34N2/c1-3-10-35(11-4-1)41-32-42(36-12-5-2-6-13-36)34-44(33-41)55-31-30-49-50(55)29-28-48-46-16-7-8-17-51(46)56(54(48)49)43-24-20-37(21-25-43)45-26-22-40-19-18-38-14-9-15-39-23-27-47(45)53(40)52(38)39/h1-34H. The van der Waals surface area contributed by atoms with Gasteiger partial charge in [-0.25, -0.2) is 0 Å². The van der Waals surface area contributed by atoms with Crippen molar-refractivity contribution in [1.82, 2.24) is 9.13 Å². The molecule has 0 fully saturated rings. The topological polar surface area (TPSA) is 9.86 Å². The first kappa shape index (κ1) is 31.0. The molecule has 0 aliphatic carbocycles. The molecule has 2 nitrogen and oxygen atoms in total. The molecule has 0 unspecified atom stereocenters. The third-order valence-electron chi connectivity index (χ3n) is 11.9. The van der Waals surface area contributed by atoms with E-state index < -0.39 is 0 Å². The van der Waals surface area contributed by atoms with Crippen molar-refractivity contribution in [1.29, 1.82) is 0 Å². The van der Waals surface area contributed by atoms with E-state index in [2.05, 4.69) is 216 Å². The molecular formula is C54H34N2. The van der Waals surface area contributed by atoms with E-state index in [4.69, 9.17) is 0 Å². The van der Waals surface area contributed by atoms with Gasteiger partial charge in [-0.05, 0) is 114 Å². The number of rotatable bonds is 5. The lowest BCUT2D eigenvalue weighted by Crippen LogP contribution is -1.96. The van der Waals surface area contributed by atoms with Crippen LogP contribution in [0.4, 0.5) is 0 Å². The number of para-hydroxylation sites is 1. The summed E-state index contributed by atoms with van der Waals surface area (Å²) in [5.41, 5.74) is 13.2. The van der Waals surface area contributed by atoms with Crippen LogP contribution in [0.2, 0.25) is 0 Å². The molecule has 0 radical (unpaired) electrons. The molecule has 0 bridgehead atoms. The van der Waals surface area contributed by atoms with Gasteiger partial charge in [0.25, 0.3) is 0 Å². The molecule has 0 amide bonds. The van der Waals surface area contributed by atoms with Gasteiger partial charge in [0.1, 0.15) is 0 Å². The van der Waals surface area contributed by atoms with Gasteiger partial charge in [-0.3, -0.25) is 0 Å². The first-order valence-electron chi connectivity index (χ1n) is 19.3. The van der Waals surface area contributed by atoms with Crippen molar-refractivity contribution < 1.29 is 0 Å². The van der Waals surface area contributed by atoms with E-state index in [1.54, 1.807) is 0 Å². The van der Waals surface area contributed by atoms with Crippen LogP contribution in [0.25, 0.3) is 110 Å². The summed E-state index contributed by atoms with van der Waals surface area (Å²) < 4.78 is 4.81. The van der Waals surface area contributed by atoms with Crippen LogP contribution in [0, 0.1) is 0 Å². The van der Waals surface area contributed by atoms with Gasteiger partial charge in [0.15, 0.2) is 0 Å². The maximum atomic E-state index is 2.46. The van der Waals surface area contributed by atoms with Gasteiger partial charge in [-0.1, -0.05) is 152 Å². The van der Waals surface area contributed by atoms with E-state index in [0.717, 1.165) is 11.4 Å². The van der Waals surface area contributed by atoms with Crippen LogP contribution in [-0.2, 0) is 0 Å². The number of hydrogen-bond acceptors (Lipinski definition) is 0. The molecule has 0 saturated carbocycles. The Labute approximate surface area is 324 Å². The van der Waals surface area contributed by atoms with Gasteiger partial charge >= 0.3 is 0 Å². The maximum absolute atomic E-state index is 2.46. The molecule has 2 heterocycles. The van der Waals surface area contributed by atoms with Crippen molar-refractivity contribution in [3.05, 3.63) is 206 Å². The Bertz CT molecular complexity index is 3370.